The molecule has 1 amide bonds. The van der Waals surface area contributed by atoms with E-state index in [0.717, 1.165) is 26.1 Å². The molecule has 1 aliphatic heterocycles. The van der Waals surface area contributed by atoms with Gasteiger partial charge in [0.25, 0.3) is 0 Å². The molecule has 2 heterocycles. The van der Waals surface area contributed by atoms with E-state index in [2.05, 4.69) is 16.0 Å². The number of likely N-dealkylation sites (tertiary alicyclic amines) is 1. The van der Waals surface area contributed by atoms with Crippen LogP contribution in [0.1, 0.15) is 5.56 Å². The quantitative estimate of drug-likeness (QED) is 0.834. The standard InChI is InChI=1S/C11H15N3O.ClH/c12-11(15)10-7-14(8-10)5-3-9-2-1-4-13-6-9;/h1-2,4,6,10H,3,5,7-8H2,(H2,12,15);1H. The Morgan fingerprint density at radius 1 is 1.56 bits per heavy atom. The van der Waals surface area contributed by atoms with Crippen LogP contribution in [0.4, 0.5) is 0 Å². The lowest BCUT2D eigenvalue weighted by atomic mass is 9.99. The van der Waals surface area contributed by atoms with Crippen LogP contribution in [0.2, 0.25) is 0 Å². The number of nitrogens with zero attached hydrogens (tertiary/aromatic N) is 2. The van der Waals surface area contributed by atoms with Crippen LogP contribution in [0.15, 0.2) is 24.5 Å². The summed E-state index contributed by atoms with van der Waals surface area (Å²) in [5, 5.41) is 0. The fraction of sp³-hybridized carbons (Fsp3) is 0.455. The van der Waals surface area contributed by atoms with Gasteiger partial charge in [-0.3, -0.25) is 9.78 Å². The number of rotatable bonds is 4. The fourth-order valence-corrected chi connectivity index (χ4v) is 1.77. The van der Waals surface area contributed by atoms with Crippen LogP contribution in [0.25, 0.3) is 0 Å². The highest BCUT2D eigenvalue weighted by Gasteiger charge is 2.30. The highest BCUT2D eigenvalue weighted by molar-refractivity contribution is 5.85. The second kappa shape index (κ2) is 5.82. The second-order valence-electron chi connectivity index (χ2n) is 3.97. The lowest BCUT2D eigenvalue weighted by molar-refractivity contribution is -0.126. The van der Waals surface area contributed by atoms with Crippen molar-refractivity contribution in [3.05, 3.63) is 30.1 Å². The molecule has 0 spiro atoms. The zero-order chi connectivity index (χ0) is 10.7. The van der Waals surface area contributed by atoms with E-state index < -0.39 is 0 Å². The highest BCUT2D eigenvalue weighted by atomic mass is 35.5. The number of primary amides is 1. The van der Waals surface area contributed by atoms with Crippen molar-refractivity contribution in [2.24, 2.45) is 11.7 Å². The minimum atomic E-state index is -0.173. The lowest BCUT2D eigenvalue weighted by Crippen LogP contribution is -2.52. The maximum Gasteiger partial charge on any atom is 0.223 e. The summed E-state index contributed by atoms with van der Waals surface area (Å²) in [6.07, 6.45) is 4.64. The molecule has 0 aliphatic carbocycles. The maximum absolute atomic E-state index is 10.8. The summed E-state index contributed by atoms with van der Waals surface area (Å²) in [5.41, 5.74) is 6.43. The Morgan fingerprint density at radius 2 is 2.31 bits per heavy atom. The number of hydrogen-bond donors (Lipinski definition) is 1. The van der Waals surface area contributed by atoms with E-state index >= 15 is 0 Å². The largest absolute Gasteiger partial charge is 0.369 e. The highest BCUT2D eigenvalue weighted by Crippen LogP contribution is 2.14. The molecule has 0 radical (unpaired) electrons. The lowest BCUT2D eigenvalue weighted by Gasteiger charge is -2.37. The van der Waals surface area contributed by atoms with E-state index in [1.54, 1.807) is 6.20 Å². The number of aromatic nitrogens is 1. The van der Waals surface area contributed by atoms with E-state index in [9.17, 15) is 4.79 Å². The Morgan fingerprint density at radius 3 is 2.88 bits per heavy atom. The first-order valence-corrected chi connectivity index (χ1v) is 5.16. The normalized spacial score (nSPS) is 16.2. The molecule has 1 saturated heterocycles. The van der Waals surface area contributed by atoms with Crippen molar-refractivity contribution >= 4 is 18.3 Å². The third kappa shape index (κ3) is 3.18. The van der Waals surface area contributed by atoms with Gasteiger partial charge in [-0.1, -0.05) is 6.07 Å². The molecule has 0 aromatic carbocycles. The van der Waals surface area contributed by atoms with Crippen LogP contribution in [0, 0.1) is 5.92 Å². The number of amides is 1. The molecule has 1 aromatic heterocycles. The van der Waals surface area contributed by atoms with Gasteiger partial charge in [0.1, 0.15) is 0 Å². The molecular formula is C11H16ClN3O. The van der Waals surface area contributed by atoms with Crippen molar-refractivity contribution in [2.45, 2.75) is 6.42 Å². The van der Waals surface area contributed by atoms with Crippen molar-refractivity contribution in [3.8, 4) is 0 Å². The molecule has 0 unspecified atom stereocenters. The Hall–Kier alpha value is -1.13. The van der Waals surface area contributed by atoms with Crippen LogP contribution >= 0.6 is 12.4 Å². The van der Waals surface area contributed by atoms with Crippen LogP contribution in [-0.2, 0) is 11.2 Å². The summed E-state index contributed by atoms with van der Waals surface area (Å²) < 4.78 is 0. The van der Waals surface area contributed by atoms with Crippen LogP contribution in [0.3, 0.4) is 0 Å². The second-order valence-corrected chi connectivity index (χ2v) is 3.97. The van der Waals surface area contributed by atoms with Gasteiger partial charge in [-0.2, -0.15) is 0 Å². The Balaban J connectivity index is 0.00000128. The number of halogens is 1. The van der Waals surface area contributed by atoms with Gasteiger partial charge in [0.15, 0.2) is 0 Å². The van der Waals surface area contributed by atoms with Gasteiger partial charge in [-0.25, -0.2) is 0 Å². The molecule has 16 heavy (non-hydrogen) atoms. The van der Waals surface area contributed by atoms with Crippen molar-refractivity contribution in [1.82, 2.24) is 9.88 Å². The molecule has 1 aliphatic rings. The Bertz CT molecular complexity index is 338. The maximum atomic E-state index is 10.8. The molecule has 88 valence electrons. The zero-order valence-corrected chi connectivity index (χ0v) is 9.82. The number of carbonyl (C=O) groups is 1. The van der Waals surface area contributed by atoms with Gasteiger partial charge < -0.3 is 10.6 Å². The molecule has 5 heteroatoms. The Kier molecular flexibility index (Phi) is 4.71. The van der Waals surface area contributed by atoms with Gasteiger partial charge in [0, 0.05) is 32.0 Å². The number of nitrogens with two attached hydrogens (primary N) is 1. The van der Waals surface area contributed by atoms with Crippen molar-refractivity contribution in [3.63, 3.8) is 0 Å². The average Bonchev–Trinajstić information content (AvgIpc) is 2.16. The molecule has 1 fully saturated rings. The number of pyridine rings is 1. The molecule has 2 N–H and O–H groups in total. The number of carbonyl (C=O) groups excluding carboxylic acids is 1. The predicted molar refractivity (Wildman–Crippen MR) is 64.3 cm³/mol. The smallest absolute Gasteiger partial charge is 0.223 e. The van der Waals surface area contributed by atoms with Crippen molar-refractivity contribution in [2.75, 3.05) is 19.6 Å². The van der Waals surface area contributed by atoms with Gasteiger partial charge in [0.05, 0.1) is 5.92 Å². The fourth-order valence-electron chi connectivity index (χ4n) is 1.77. The topological polar surface area (TPSA) is 59.2 Å². The first kappa shape index (κ1) is 12.9. The molecule has 1 aromatic rings. The molecule has 2 rings (SSSR count). The van der Waals surface area contributed by atoms with Crippen LogP contribution in [-0.4, -0.2) is 35.4 Å². The van der Waals surface area contributed by atoms with E-state index in [1.165, 1.54) is 5.56 Å². The summed E-state index contributed by atoms with van der Waals surface area (Å²) in [5.74, 6) is -0.105. The number of hydrogen-bond acceptors (Lipinski definition) is 3. The van der Waals surface area contributed by atoms with Gasteiger partial charge in [-0.05, 0) is 18.1 Å². The predicted octanol–water partition coefficient (Wildman–Crippen LogP) is 0.463. The van der Waals surface area contributed by atoms with Crippen LogP contribution in [0.5, 0.6) is 0 Å². The molecular weight excluding hydrogens is 226 g/mol. The molecule has 4 nitrogen and oxygen atoms in total. The van der Waals surface area contributed by atoms with E-state index in [-0.39, 0.29) is 24.2 Å². The van der Waals surface area contributed by atoms with Gasteiger partial charge >= 0.3 is 0 Å². The van der Waals surface area contributed by atoms with Gasteiger partial charge in [0.2, 0.25) is 5.91 Å². The summed E-state index contributed by atoms with van der Waals surface area (Å²) in [6, 6.07) is 4.01. The van der Waals surface area contributed by atoms with Gasteiger partial charge in [-0.15, -0.1) is 12.4 Å². The minimum Gasteiger partial charge on any atom is -0.369 e. The van der Waals surface area contributed by atoms with Crippen LogP contribution < -0.4 is 5.73 Å². The zero-order valence-electron chi connectivity index (χ0n) is 9.00. The summed E-state index contributed by atoms with van der Waals surface area (Å²) in [7, 11) is 0. The van der Waals surface area contributed by atoms with E-state index in [0.29, 0.717) is 0 Å². The van der Waals surface area contributed by atoms with Crippen molar-refractivity contribution < 1.29 is 4.79 Å². The van der Waals surface area contributed by atoms with Crippen molar-refractivity contribution in [1.29, 1.82) is 0 Å². The third-order valence-corrected chi connectivity index (χ3v) is 2.80. The SMILES string of the molecule is Cl.NC(=O)C1CN(CCc2cccnc2)C1. The first-order valence-electron chi connectivity index (χ1n) is 5.16. The molecule has 0 saturated carbocycles. The minimum absolute atomic E-state index is 0. The average molecular weight is 242 g/mol. The van der Waals surface area contributed by atoms with E-state index in [1.807, 2.05) is 12.3 Å². The summed E-state index contributed by atoms with van der Waals surface area (Å²) >= 11 is 0. The Labute approximate surface area is 101 Å². The monoisotopic (exact) mass is 241 g/mol. The third-order valence-electron chi connectivity index (χ3n) is 2.80. The summed E-state index contributed by atoms with van der Waals surface area (Å²) in [4.78, 5) is 17.1. The molecule has 0 atom stereocenters. The van der Waals surface area contributed by atoms with E-state index in [4.69, 9.17) is 5.73 Å². The summed E-state index contributed by atoms with van der Waals surface area (Å²) in [6.45, 7) is 2.61. The molecule has 0 bridgehead atoms. The first-order chi connectivity index (χ1) is 7.25.